The summed E-state index contributed by atoms with van der Waals surface area (Å²) in [6, 6.07) is 30.4. The van der Waals surface area contributed by atoms with Crippen LogP contribution in [0.1, 0.15) is 19.8 Å². The predicted molar refractivity (Wildman–Crippen MR) is 121 cm³/mol. The summed E-state index contributed by atoms with van der Waals surface area (Å²) in [6.07, 6.45) is 6.81. The highest BCUT2D eigenvalue weighted by atomic mass is 15.1. The molecule has 2 heterocycles. The Kier molecular flexibility index (Phi) is 4.61. The van der Waals surface area contributed by atoms with E-state index >= 15 is 0 Å². The summed E-state index contributed by atoms with van der Waals surface area (Å²) in [6.45, 7) is 3.28. The largest absolute Gasteiger partial charge is 0.295 e. The van der Waals surface area contributed by atoms with Gasteiger partial charge in [0.15, 0.2) is 0 Å². The van der Waals surface area contributed by atoms with Crippen molar-refractivity contribution in [2.45, 2.75) is 26.3 Å². The first-order valence-electron chi connectivity index (χ1n) is 10.4. The van der Waals surface area contributed by atoms with Gasteiger partial charge in [-0.3, -0.25) is 0 Å². The molecular formula is C27H25N2+. The van der Waals surface area contributed by atoms with Crippen LogP contribution in [0.15, 0.2) is 97.3 Å². The van der Waals surface area contributed by atoms with Crippen LogP contribution in [-0.4, -0.2) is 4.40 Å². The van der Waals surface area contributed by atoms with Gasteiger partial charge in [-0.05, 0) is 23.6 Å². The maximum atomic E-state index is 2.42. The lowest BCUT2D eigenvalue weighted by atomic mass is 9.92. The fourth-order valence-electron chi connectivity index (χ4n) is 4.32. The smallest absolute Gasteiger partial charge is 0.230 e. The molecule has 0 radical (unpaired) electrons. The number of benzene rings is 3. The highest BCUT2D eigenvalue weighted by Gasteiger charge is 2.25. The summed E-state index contributed by atoms with van der Waals surface area (Å²) in [7, 11) is 0. The van der Waals surface area contributed by atoms with Crippen molar-refractivity contribution in [3.8, 4) is 22.3 Å². The number of aromatic nitrogens is 2. The minimum Gasteiger partial charge on any atom is -0.230 e. The van der Waals surface area contributed by atoms with Gasteiger partial charge in [-0.2, -0.15) is 4.40 Å². The van der Waals surface area contributed by atoms with E-state index in [0.717, 1.165) is 6.54 Å². The highest BCUT2D eigenvalue weighted by molar-refractivity contribution is 6.06. The fourth-order valence-corrected chi connectivity index (χ4v) is 4.32. The van der Waals surface area contributed by atoms with E-state index in [1.54, 1.807) is 0 Å². The SMILES string of the molecule is CCCC[n+]1ccn2c3ccccc3c(-c3ccccc3)c(-c3ccccc3)c21. The molecule has 0 spiro atoms. The Morgan fingerprint density at radius 1 is 0.724 bits per heavy atom. The van der Waals surface area contributed by atoms with Gasteiger partial charge in [0.05, 0.1) is 12.1 Å². The molecule has 5 aromatic rings. The fraction of sp³-hybridized carbons (Fsp3) is 0.148. The van der Waals surface area contributed by atoms with Crippen LogP contribution >= 0.6 is 0 Å². The van der Waals surface area contributed by atoms with Crippen molar-refractivity contribution in [2.24, 2.45) is 0 Å². The minimum atomic E-state index is 1.03. The molecule has 2 aromatic heterocycles. The van der Waals surface area contributed by atoms with Crippen LogP contribution in [0.4, 0.5) is 0 Å². The monoisotopic (exact) mass is 377 g/mol. The third-order valence-electron chi connectivity index (χ3n) is 5.68. The third kappa shape index (κ3) is 3.01. The summed E-state index contributed by atoms with van der Waals surface area (Å²) in [4.78, 5) is 0. The Balaban J connectivity index is 1.98. The summed E-state index contributed by atoms with van der Waals surface area (Å²) < 4.78 is 4.78. The summed E-state index contributed by atoms with van der Waals surface area (Å²) in [5, 5.41) is 1.28. The molecule has 0 atom stereocenters. The first kappa shape index (κ1) is 17.7. The molecule has 0 aliphatic rings. The molecule has 0 saturated heterocycles. The van der Waals surface area contributed by atoms with Gasteiger partial charge in [-0.1, -0.05) is 92.2 Å². The molecule has 2 nitrogen and oxygen atoms in total. The minimum absolute atomic E-state index is 1.03. The van der Waals surface area contributed by atoms with Crippen LogP contribution in [0, 0.1) is 0 Å². The number of imidazole rings is 1. The van der Waals surface area contributed by atoms with Gasteiger partial charge < -0.3 is 0 Å². The lowest BCUT2D eigenvalue weighted by Crippen LogP contribution is -2.32. The summed E-state index contributed by atoms with van der Waals surface area (Å²) in [5.41, 5.74) is 7.64. The van der Waals surface area contributed by atoms with Gasteiger partial charge in [-0.25, -0.2) is 4.57 Å². The topological polar surface area (TPSA) is 8.29 Å². The zero-order valence-electron chi connectivity index (χ0n) is 16.8. The van der Waals surface area contributed by atoms with E-state index in [9.17, 15) is 0 Å². The Labute approximate surface area is 171 Å². The molecule has 0 aliphatic heterocycles. The van der Waals surface area contributed by atoms with Gasteiger partial charge >= 0.3 is 0 Å². The summed E-state index contributed by atoms with van der Waals surface area (Å²) >= 11 is 0. The van der Waals surface area contributed by atoms with Crippen molar-refractivity contribution in [3.63, 3.8) is 0 Å². The zero-order chi connectivity index (χ0) is 19.6. The van der Waals surface area contributed by atoms with Crippen molar-refractivity contribution in [1.82, 2.24) is 4.40 Å². The number of hydrogen-bond acceptors (Lipinski definition) is 0. The van der Waals surface area contributed by atoms with Crippen molar-refractivity contribution >= 4 is 16.6 Å². The molecule has 0 aliphatic carbocycles. The first-order chi connectivity index (χ1) is 14.4. The van der Waals surface area contributed by atoms with Gasteiger partial charge in [0.2, 0.25) is 0 Å². The first-order valence-corrected chi connectivity index (χ1v) is 10.4. The lowest BCUT2D eigenvalue weighted by Gasteiger charge is -2.14. The van der Waals surface area contributed by atoms with Crippen molar-refractivity contribution < 1.29 is 4.57 Å². The second-order valence-electron chi connectivity index (χ2n) is 7.54. The number of nitrogens with zero attached hydrogens (tertiary/aromatic N) is 2. The number of aryl methyl sites for hydroxylation is 1. The molecule has 0 amide bonds. The number of fused-ring (bicyclic) bond motifs is 3. The van der Waals surface area contributed by atoms with Crippen LogP contribution in [0.3, 0.4) is 0 Å². The molecule has 3 aromatic carbocycles. The van der Waals surface area contributed by atoms with Crippen LogP contribution in [-0.2, 0) is 6.54 Å². The van der Waals surface area contributed by atoms with Crippen LogP contribution in [0.25, 0.3) is 38.8 Å². The normalized spacial score (nSPS) is 11.3. The molecule has 2 heteroatoms. The van der Waals surface area contributed by atoms with E-state index in [4.69, 9.17) is 0 Å². The van der Waals surface area contributed by atoms with E-state index in [1.165, 1.54) is 51.6 Å². The van der Waals surface area contributed by atoms with Crippen LogP contribution in [0.5, 0.6) is 0 Å². The number of para-hydroxylation sites is 1. The van der Waals surface area contributed by atoms with Crippen molar-refractivity contribution in [2.75, 3.05) is 0 Å². The number of pyridine rings is 1. The van der Waals surface area contributed by atoms with E-state index in [2.05, 4.69) is 113 Å². The second kappa shape index (κ2) is 7.56. The zero-order valence-corrected chi connectivity index (χ0v) is 16.8. The molecular weight excluding hydrogens is 352 g/mol. The Bertz CT molecular complexity index is 1270. The number of rotatable bonds is 5. The Morgan fingerprint density at radius 3 is 2.03 bits per heavy atom. The molecule has 0 unspecified atom stereocenters. The van der Waals surface area contributed by atoms with E-state index in [-0.39, 0.29) is 0 Å². The predicted octanol–water partition coefficient (Wildman–Crippen LogP) is 6.51. The molecule has 0 fully saturated rings. The van der Waals surface area contributed by atoms with E-state index < -0.39 is 0 Å². The van der Waals surface area contributed by atoms with Crippen LogP contribution < -0.4 is 4.57 Å². The van der Waals surface area contributed by atoms with Gasteiger partial charge in [0.25, 0.3) is 5.65 Å². The molecule has 29 heavy (non-hydrogen) atoms. The van der Waals surface area contributed by atoms with E-state index in [1.807, 2.05) is 0 Å². The maximum Gasteiger partial charge on any atom is 0.295 e. The third-order valence-corrected chi connectivity index (χ3v) is 5.68. The number of unbranched alkanes of at least 4 members (excludes halogenated alkanes) is 1. The van der Waals surface area contributed by atoms with Gasteiger partial charge in [0, 0.05) is 10.9 Å². The van der Waals surface area contributed by atoms with Gasteiger partial charge in [-0.15, -0.1) is 0 Å². The maximum absolute atomic E-state index is 2.42. The molecule has 0 saturated carbocycles. The molecule has 5 rings (SSSR count). The van der Waals surface area contributed by atoms with Crippen molar-refractivity contribution in [1.29, 1.82) is 0 Å². The standard InChI is InChI=1S/C27H25N2/c1-2-3-18-28-19-20-29-24-17-11-10-16-23(24)25(21-12-6-4-7-13-21)26(27(28)29)22-14-8-5-9-15-22/h4-17,19-20H,2-3,18H2,1H3/q+1. The lowest BCUT2D eigenvalue weighted by molar-refractivity contribution is -0.671. The number of hydrogen-bond donors (Lipinski definition) is 0. The Morgan fingerprint density at radius 2 is 1.34 bits per heavy atom. The summed E-state index contributed by atoms with van der Waals surface area (Å²) in [5.74, 6) is 0. The Hall–Kier alpha value is -3.39. The quantitative estimate of drug-likeness (QED) is 0.308. The molecule has 0 bridgehead atoms. The second-order valence-corrected chi connectivity index (χ2v) is 7.54. The molecule has 0 N–H and O–H groups in total. The average molecular weight is 378 g/mol. The average Bonchev–Trinajstić information content (AvgIpc) is 3.22. The van der Waals surface area contributed by atoms with Crippen LogP contribution in [0.2, 0.25) is 0 Å². The van der Waals surface area contributed by atoms with E-state index in [0.29, 0.717) is 0 Å². The van der Waals surface area contributed by atoms with Crippen molar-refractivity contribution in [3.05, 3.63) is 97.3 Å². The van der Waals surface area contributed by atoms with Gasteiger partial charge in [0.1, 0.15) is 17.9 Å². The molecule has 142 valence electrons. The highest BCUT2D eigenvalue weighted by Crippen LogP contribution is 2.40.